The predicted molar refractivity (Wildman–Crippen MR) is 83.9 cm³/mol. The fourth-order valence-corrected chi connectivity index (χ4v) is 2.27. The van der Waals surface area contributed by atoms with Crippen molar-refractivity contribution in [3.05, 3.63) is 34.3 Å². The Bertz CT molecular complexity index is 456. The number of carbonyl (C=O) groups is 2. The molecule has 0 unspecified atom stereocenters. The number of ether oxygens (including phenoxy) is 2. The summed E-state index contributed by atoms with van der Waals surface area (Å²) >= 11 is 3.40. The highest BCUT2D eigenvalue weighted by Crippen LogP contribution is 2.15. The van der Waals surface area contributed by atoms with Gasteiger partial charge in [-0.1, -0.05) is 28.1 Å². The number of rotatable bonds is 8. The van der Waals surface area contributed by atoms with Gasteiger partial charge in [0, 0.05) is 18.3 Å². The van der Waals surface area contributed by atoms with E-state index in [9.17, 15) is 9.59 Å². The Balaban J connectivity index is 2.39. The van der Waals surface area contributed by atoms with Crippen LogP contribution in [0.5, 0.6) is 0 Å². The summed E-state index contributed by atoms with van der Waals surface area (Å²) in [6.07, 6.45) is 2.86. The first-order chi connectivity index (χ1) is 9.97. The molecule has 1 atom stereocenters. The molecule has 5 heteroatoms. The monoisotopic (exact) mass is 356 g/mol. The Hall–Kier alpha value is -1.36. The smallest absolute Gasteiger partial charge is 0.302 e. The lowest BCUT2D eigenvalue weighted by atomic mass is 10.0. The van der Waals surface area contributed by atoms with Gasteiger partial charge in [-0.05, 0) is 43.4 Å². The van der Waals surface area contributed by atoms with Crippen LogP contribution < -0.4 is 0 Å². The average molecular weight is 357 g/mol. The van der Waals surface area contributed by atoms with E-state index >= 15 is 0 Å². The van der Waals surface area contributed by atoms with E-state index in [2.05, 4.69) is 15.9 Å². The van der Waals surface area contributed by atoms with Gasteiger partial charge in [0.1, 0.15) is 6.10 Å². The largest absolute Gasteiger partial charge is 0.466 e. The molecule has 1 aromatic carbocycles. The van der Waals surface area contributed by atoms with E-state index in [-0.39, 0.29) is 18.0 Å². The van der Waals surface area contributed by atoms with E-state index < -0.39 is 0 Å². The zero-order valence-electron chi connectivity index (χ0n) is 12.4. The predicted octanol–water partition coefficient (Wildman–Crippen LogP) is 3.66. The molecular formula is C16H21BrO4. The van der Waals surface area contributed by atoms with Crippen LogP contribution in [0.1, 0.15) is 38.7 Å². The zero-order valence-corrected chi connectivity index (χ0v) is 14.0. The van der Waals surface area contributed by atoms with Crippen molar-refractivity contribution in [1.82, 2.24) is 0 Å². The van der Waals surface area contributed by atoms with Crippen molar-refractivity contribution in [2.24, 2.45) is 0 Å². The summed E-state index contributed by atoms with van der Waals surface area (Å²) < 4.78 is 11.2. The molecule has 21 heavy (non-hydrogen) atoms. The Kier molecular flexibility index (Phi) is 8.05. The van der Waals surface area contributed by atoms with Gasteiger partial charge < -0.3 is 9.47 Å². The first-order valence-electron chi connectivity index (χ1n) is 7.02. The van der Waals surface area contributed by atoms with Crippen molar-refractivity contribution in [3.8, 4) is 0 Å². The van der Waals surface area contributed by atoms with Crippen molar-refractivity contribution in [2.75, 3.05) is 6.61 Å². The van der Waals surface area contributed by atoms with Gasteiger partial charge in [-0.2, -0.15) is 0 Å². The molecule has 0 bridgehead atoms. The van der Waals surface area contributed by atoms with Gasteiger partial charge in [-0.25, -0.2) is 0 Å². The molecule has 0 aromatic heterocycles. The third-order valence-corrected chi connectivity index (χ3v) is 3.51. The number of hydrogen-bond acceptors (Lipinski definition) is 4. The van der Waals surface area contributed by atoms with Crippen LogP contribution in [0, 0.1) is 0 Å². The fraction of sp³-hybridized carbons (Fsp3) is 0.500. The highest BCUT2D eigenvalue weighted by Gasteiger charge is 2.12. The molecule has 0 fully saturated rings. The van der Waals surface area contributed by atoms with Crippen LogP contribution in [0.15, 0.2) is 28.7 Å². The van der Waals surface area contributed by atoms with Gasteiger partial charge in [0.05, 0.1) is 6.61 Å². The second-order valence-electron chi connectivity index (χ2n) is 4.88. The summed E-state index contributed by atoms with van der Waals surface area (Å²) in [5.74, 6) is -0.558. The topological polar surface area (TPSA) is 52.6 Å². The quantitative estimate of drug-likeness (QED) is 0.526. The molecule has 0 radical (unpaired) electrons. The number of carbonyl (C=O) groups excluding carboxylic acids is 2. The molecule has 0 N–H and O–H groups in total. The van der Waals surface area contributed by atoms with E-state index in [0.29, 0.717) is 19.4 Å². The summed E-state index contributed by atoms with van der Waals surface area (Å²) in [6.45, 7) is 3.17. The minimum atomic E-state index is -0.283. The van der Waals surface area contributed by atoms with Crippen molar-refractivity contribution in [2.45, 2.75) is 45.6 Å². The summed E-state index contributed by atoms with van der Waals surface area (Å²) in [4.78, 5) is 21.8. The molecule has 0 saturated carbocycles. The third kappa shape index (κ3) is 8.50. The Morgan fingerprint density at radius 1 is 1.10 bits per heavy atom. The molecule has 0 aliphatic rings. The number of hydrogen-bond donors (Lipinski definition) is 0. The maximum atomic E-state index is 11.1. The highest BCUT2D eigenvalue weighted by molar-refractivity contribution is 9.10. The summed E-state index contributed by atoms with van der Waals surface area (Å²) in [7, 11) is 0. The fourth-order valence-electron chi connectivity index (χ4n) is 2.00. The first kappa shape index (κ1) is 17.7. The van der Waals surface area contributed by atoms with Crippen LogP contribution in [0.4, 0.5) is 0 Å². The van der Waals surface area contributed by atoms with Crippen LogP contribution in [-0.2, 0) is 25.5 Å². The van der Waals surface area contributed by atoms with Crippen LogP contribution in [0.25, 0.3) is 0 Å². The number of halogens is 1. The second-order valence-corrected chi connectivity index (χ2v) is 5.79. The van der Waals surface area contributed by atoms with E-state index in [1.165, 1.54) is 19.4 Å². The minimum absolute atomic E-state index is 0.137. The third-order valence-electron chi connectivity index (χ3n) is 2.98. The molecular weight excluding hydrogens is 336 g/mol. The normalized spacial score (nSPS) is 11.8. The Morgan fingerprint density at radius 3 is 2.33 bits per heavy atom. The van der Waals surface area contributed by atoms with Crippen LogP contribution in [0.2, 0.25) is 0 Å². The molecule has 0 saturated heterocycles. The van der Waals surface area contributed by atoms with E-state index in [1.807, 2.05) is 24.3 Å². The van der Waals surface area contributed by atoms with E-state index in [0.717, 1.165) is 17.3 Å². The average Bonchev–Trinajstić information content (AvgIpc) is 2.41. The molecule has 1 aromatic rings. The summed E-state index contributed by atoms with van der Waals surface area (Å²) in [5.41, 5.74) is 1.20. The van der Waals surface area contributed by atoms with Crippen molar-refractivity contribution in [1.29, 1.82) is 0 Å². The molecule has 0 aliphatic heterocycles. The van der Waals surface area contributed by atoms with Crippen molar-refractivity contribution < 1.29 is 19.1 Å². The molecule has 4 nitrogen and oxygen atoms in total. The number of benzene rings is 1. The van der Waals surface area contributed by atoms with Gasteiger partial charge in [0.2, 0.25) is 0 Å². The van der Waals surface area contributed by atoms with Crippen molar-refractivity contribution >= 4 is 27.9 Å². The van der Waals surface area contributed by atoms with E-state index in [1.54, 1.807) is 0 Å². The molecule has 0 amide bonds. The van der Waals surface area contributed by atoms with Gasteiger partial charge in [-0.15, -0.1) is 0 Å². The maximum absolute atomic E-state index is 11.1. The first-order valence-corrected chi connectivity index (χ1v) is 7.81. The maximum Gasteiger partial charge on any atom is 0.302 e. The summed E-state index contributed by atoms with van der Waals surface area (Å²) in [6, 6.07) is 8.09. The molecule has 0 heterocycles. The van der Waals surface area contributed by atoms with Crippen LogP contribution >= 0.6 is 15.9 Å². The standard InChI is InChI=1S/C16H21BrO4/c1-12(18)20-11-3-4-16(21-13(2)19)10-7-14-5-8-15(17)9-6-14/h5-6,8-9,16H,3-4,7,10-11H2,1-2H3/t16-/m1/s1. The molecule has 0 spiro atoms. The summed E-state index contributed by atoms with van der Waals surface area (Å²) in [5, 5.41) is 0. The minimum Gasteiger partial charge on any atom is -0.466 e. The Morgan fingerprint density at radius 2 is 1.76 bits per heavy atom. The number of esters is 2. The van der Waals surface area contributed by atoms with Gasteiger partial charge in [-0.3, -0.25) is 9.59 Å². The van der Waals surface area contributed by atoms with Gasteiger partial charge in [0.25, 0.3) is 0 Å². The molecule has 1 rings (SSSR count). The molecule has 116 valence electrons. The molecule has 0 aliphatic carbocycles. The van der Waals surface area contributed by atoms with Gasteiger partial charge in [0.15, 0.2) is 0 Å². The van der Waals surface area contributed by atoms with Crippen molar-refractivity contribution in [3.63, 3.8) is 0 Å². The lowest BCUT2D eigenvalue weighted by molar-refractivity contribution is -0.148. The SMILES string of the molecule is CC(=O)OCCC[C@H](CCc1ccc(Br)cc1)OC(C)=O. The van der Waals surface area contributed by atoms with Gasteiger partial charge >= 0.3 is 11.9 Å². The highest BCUT2D eigenvalue weighted by atomic mass is 79.9. The van der Waals surface area contributed by atoms with Crippen LogP contribution in [0.3, 0.4) is 0 Å². The lowest BCUT2D eigenvalue weighted by Crippen LogP contribution is -2.18. The number of aryl methyl sites for hydroxylation is 1. The van der Waals surface area contributed by atoms with Crippen LogP contribution in [-0.4, -0.2) is 24.6 Å². The Labute approximate surface area is 133 Å². The second kappa shape index (κ2) is 9.55. The zero-order chi connectivity index (χ0) is 15.7. The van der Waals surface area contributed by atoms with E-state index in [4.69, 9.17) is 9.47 Å². The lowest BCUT2D eigenvalue weighted by Gasteiger charge is -2.17.